The Labute approximate surface area is 138 Å². The molecule has 24 heavy (non-hydrogen) atoms. The minimum absolute atomic E-state index is 0.228. The van der Waals surface area contributed by atoms with Crippen LogP contribution in [0.4, 0.5) is 5.82 Å². The normalized spacial score (nSPS) is 11.1. The van der Waals surface area contributed by atoms with E-state index in [1.165, 1.54) is 10.5 Å². The average molecular weight is 326 g/mol. The number of unbranched alkanes of at least 4 members (excludes halogenated alkanes) is 1. The lowest BCUT2D eigenvalue weighted by atomic mass is 10.2. The molecule has 0 saturated heterocycles. The Balaban J connectivity index is 2.21. The fraction of sp³-hybridized carbons (Fsp3) is 0.294. The van der Waals surface area contributed by atoms with Crippen molar-refractivity contribution >= 4 is 28.4 Å². The van der Waals surface area contributed by atoms with Crippen molar-refractivity contribution in [3.05, 3.63) is 46.4 Å². The number of aryl methyl sites for hydroxylation is 1. The topological polar surface area (TPSA) is 93.4 Å². The molecule has 0 aliphatic heterocycles. The molecule has 7 heteroatoms. The van der Waals surface area contributed by atoms with E-state index in [0.29, 0.717) is 23.2 Å². The molecule has 3 aromatic rings. The summed E-state index contributed by atoms with van der Waals surface area (Å²) in [5, 5.41) is 3.19. The number of nitrogens with zero attached hydrogens (tertiary/aromatic N) is 3. The fourth-order valence-corrected chi connectivity index (χ4v) is 2.64. The number of nitrogens with one attached hydrogen (secondary N) is 1. The van der Waals surface area contributed by atoms with E-state index in [1.54, 1.807) is 29.9 Å². The summed E-state index contributed by atoms with van der Waals surface area (Å²) >= 11 is 0. The first kappa shape index (κ1) is 15.9. The van der Waals surface area contributed by atoms with E-state index in [0.717, 1.165) is 12.8 Å². The Morgan fingerprint density at radius 1 is 1.42 bits per heavy atom. The van der Waals surface area contributed by atoms with Gasteiger partial charge in [-0.1, -0.05) is 24.4 Å². The Morgan fingerprint density at radius 2 is 2.21 bits per heavy atom. The van der Waals surface area contributed by atoms with Crippen LogP contribution in [0.2, 0.25) is 0 Å². The largest absolute Gasteiger partial charge is 0.352 e. The lowest BCUT2D eigenvalue weighted by Crippen LogP contribution is -2.39. The molecule has 0 fully saturated rings. The number of carbonyl (C=O) groups excluding carboxylic acids is 1. The quantitative estimate of drug-likeness (QED) is 0.421. The summed E-state index contributed by atoms with van der Waals surface area (Å²) in [6.45, 7) is 2.62. The van der Waals surface area contributed by atoms with Crippen LogP contribution < -0.4 is 21.2 Å². The first-order chi connectivity index (χ1) is 11.5. The monoisotopic (exact) mass is 326 g/mol. The molecule has 7 nitrogen and oxygen atoms in total. The standard InChI is InChI=1S/C17H19N5O2/c1-3-4-8-19-16(23)11-10-12-15(21(2)14(11)18)20-13-7-5-6-9-22(13)17(12)24/h5-7,9-10,18H,3-4,8H2,1-2H3,(H,19,23)/p+1. The number of amides is 1. The SMILES string of the molecule is CCCCNC(=O)c1cc2c(=O)n3ccccc3nc2[n+](C)c1N. The van der Waals surface area contributed by atoms with Crippen molar-refractivity contribution in [1.82, 2.24) is 14.7 Å². The van der Waals surface area contributed by atoms with Crippen LogP contribution in [0, 0.1) is 0 Å². The van der Waals surface area contributed by atoms with Crippen molar-refractivity contribution in [3.8, 4) is 0 Å². The number of hydrogen-bond donors (Lipinski definition) is 2. The van der Waals surface area contributed by atoms with Crippen molar-refractivity contribution in [1.29, 1.82) is 0 Å². The van der Waals surface area contributed by atoms with E-state index >= 15 is 0 Å². The highest BCUT2D eigenvalue weighted by molar-refractivity contribution is 6.00. The van der Waals surface area contributed by atoms with Crippen LogP contribution in [-0.2, 0) is 7.05 Å². The number of pyridine rings is 2. The molecule has 3 heterocycles. The Morgan fingerprint density at radius 3 is 2.96 bits per heavy atom. The first-order valence-electron chi connectivity index (χ1n) is 7.92. The zero-order chi connectivity index (χ0) is 17.3. The van der Waals surface area contributed by atoms with Crippen molar-refractivity contribution < 1.29 is 9.36 Å². The third-order valence-electron chi connectivity index (χ3n) is 4.05. The molecular weight excluding hydrogens is 306 g/mol. The van der Waals surface area contributed by atoms with Crippen LogP contribution in [0.1, 0.15) is 30.1 Å². The summed E-state index contributed by atoms with van der Waals surface area (Å²) in [5.74, 6) is -0.000289. The van der Waals surface area contributed by atoms with Gasteiger partial charge in [0.25, 0.3) is 17.1 Å². The van der Waals surface area contributed by atoms with E-state index < -0.39 is 0 Å². The second-order valence-corrected chi connectivity index (χ2v) is 5.69. The van der Waals surface area contributed by atoms with Crippen LogP contribution in [0.25, 0.3) is 16.7 Å². The smallest absolute Gasteiger partial charge is 0.278 e. The number of carbonyl (C=O) groups is 1. The van der Waals surface area contributed by atoms with E-state index in [-0.39, 0.29) is 22.8 Å². The summed E-state index contributed by atoms with van der Waals surface area (Å²) in [6, 6.07) is 6.85. The summed E-state index contributed by atoms with van der Waals surface area (Å²) in [7, 11) is 1.70. The molecule has 3 rings (SSSR count). The van der Waals surface area contributed by atoms with Gasteiger partial charge in [-0.2, -0.15) is 0 Å². The molecule has 0 aliphatic rings. The number of fused-ring (bicyclic) bond motifs is 2. The Hall–Kier alpha value is -2.96. The predicted molar refractivity (Wildman–Crippen MR) is 91.8 cm³/mol. The molecule has 0 saturated carbocycles. The molecule has 124 valence electrons. The molecule has 3 N–H and O–H groups in total. The zero-order valence-corrected chi connectivity index (χ0v) is 13.7. The lowest BCUT2D eigenvalue weighted by Gasteiger charge is -2.09. The molecular formula is C17H20N5O2+. The maximum absolute atomic E-state index is 12.7. The van der Waals surface area contributed by atoms with Gasteiger partial charge in [0.1, 0.15) is 10.9 Å². The van der Waals surface area contributed by atoms with Gasteiger partial charge >= 0.3 is 0 Å². The van der Waals surface area contributed by atoms with E-state index in [9.17, 15) is 9.59 Å². The second-order valence-electron chi connectivity index (χ2n) is 5.69. The number of anilines is 1. The van der Waals surface area contributed by atoms with Gasteiger partial charge in [0.15, 0.2) is 0 Å². The second kappa shape index (κ2) is 6.27. The first-order valence-corrected chi connectivity index (χ1v) is 7.92. The summed E-state index contributed by atoms with van der Waals surface area (Å²) in [6.07, 6.45) is 3.53. The van der Waals surface area contributed by atoms with Crippen molar-refractivity contribution in [3.63, 3.8) is 0 Å². The van der Waals surface area contributed by atoms with Crippen LogP contribution >= 0.6 is 0 Å². The summed E-state index contributed by atoms with van der Waals surface area (Å²) in [4.78, 5) is 29.6. The minimum atomic E-state index is -0.281. The average Bonchev–Trinajstić information content (AvgIpc) is 2.59. The minimum Gasteiger partial charge on any atom is -0.352 e. The van der Waals surface area contributed by atoms with Gasteiger partial charge in [0, 0.05) is 12.7 Å². The summed E-state index contributed by atoms with van der Waals surface area (Å²) in [5.41, 5.74) is 7.15. The van der Waals surface area contributed by atoms with Crippen LogP contribution in [-0.4, -0.2) is 21.8 Å². The molecule has 0 spiro atoms. The van der Waals surface area contributed by atoms with Gasteiger partial charge in [0.2, 0.25) is 11.5 Å². The maximum Gasteiger partial charge on any atom is 0.278 e. The van der Waals surface area contributed by atoms with Crippen molar-refractivity contribution in [2.75, 3.05) is 12.3 Å². The molecule has 0 atom stereocenters. The van der Waals surface area contributed by atoms with Gasteiger partial charge in [0.05, 0.1) is 7.05 Å². The number of aromatic nitrogens is 3. The molecule has 1 amide bonds. The van der Waals surface area contributed by atoms with E-state index in [2.05, 4.69) is 10.3 Å². The molecule has 3 aromatic heterocycles. The van der Waals surface area contributed by atoms with Crippen molar-refractivity contribution in [2.24, 2.45) is 7.05 Å². The van der Waals surface area contributed by atoms with Crippen LogP contribution in [0.3, 0.4) is 0 Å². The van der Waals surface area contributed by atoms with Gasteiger partial charge in [-0.15, -0.1) is 0 Å². The highest BCUT2D eigenvalue weighted by Gasteiger charge is 2.22. The van der Waals surface area contributed by atoms with E-state index in [4.69, 9.17) is 5.73 Å². The summed E-state index contributed by atoms with van der Waals surface area (Å²) < 4.78 is 3.04. The van der Waals surface area contributed by atoms with Gasteiger partial charge < -0.3 is 11.1 Å². The Bertz CT molecular complexity index is 994. The third-order valence-corrected chi connectivity index (χ3v) is 4.05. The van der Waals surface area contributed by atoms with Gasteiger partial charge in [-0.3, -0.25) is 14.0 Å². The third kappa shape index (κ3) is 2.58. The maximum atomic E-state index is 12.7. The molecule has 0 bridgehead atoms. The highest BCUT2D eigenvalue weighted by Crippen LogP contribution is 2.13. The number of rotatable bonds is 4. The lowest BCUT2D eigenvalue weighted by molar-refractivity contribution is -0.632. The predicted octanol–water partition coefficient (Wildman–Crippen LogP) is 0.784. The van der Waals surface area contributed by atoms with E-state index in [1.807, 2.05) is 13.0 Å². The molecule has 0 unspecified atom stereocenters. The number of hydrogen-bond acceptors (Lipinski definition) is 4. The van der Waals surface area contributed by atoms with Gasteiger partial charge in [-0.25, -0.2) is 4.57 Å². The van der Waals surface area contributed by atoms with Gasteiger partial charge in [-0.05, 0) is 24.6 Å². The fourth-order valence-electron chi connectivity index (χ4n) is 2.64. The number of nitrogens with two attached hydrogens (primary N) is 1. The molecule has 0 aliphatic carbocycles. The zero-order valence-electron chi connectivity index (χ0n) is 13.7. The molecule has 0 aromatic carbocycles. The molecule has 0 radical (unpaired) electrons. The van der Waals surface area contributed by atoms with Crippen LogP contribution in [0.15, 0.2) is 35.3 Å². The van der Waals surface area contributed by atoms with Crippen LogP contribution in [0.5, 0.6) is 0 Å². The highest BCUT2D eigenvalue weighted by atomic mass is 16.1. The number of nitrogen functional groups attached to an aromatic ring is 1. The Kier molecular flexibility index (Phi) is 4.16. The van der Waals surface area contributed by atoms with Crippen molar-refractivity contribution in [2.45, 2.75) is 19.8 Å².